The van der Waals surface area contributed by atoms with Gasteiger partial charge in [-0.3, -0.25) is 9.59 Å². The lowest BCUT2D eigenvalue weighted by atomic mass is 9.57. The first kappa shape index (κ1) is 20.3. The summed E-state index contributed by atoms with van der Waals surface area (Å²) in [5.41, 5.74) is -0.576. The molecule has 4 fully saturated rings. The first-order valence-electron chi connectivity index (χ1n) is 10.7. The number of rotatable bonds is 2. The van der Waals surface area contributed by atoms with E-state index in [1.165, 1.54) is 24.3 Å². The number of halogens is 1. The monoisotopic (exact) mass is 402 g/mol. The maximum Gasteiger partial charge on any atom is 0.253 e. The third kappa shape index (κ3) is 3.45. The molecule has 29 heavy (non-hydrogen) atoms. The van der Waals surface area contributed by atoms with Crippen LogP contribution < -0.4 is 0 Å². The molecule has 2 bridgehead atoms. The zero-order valence-corrected chi connectivity index (χ0v) is 17.7. The minimum Gasteiger partial charge on any atom is -0.368 e. The van der Waals surface area contributed by atoms with Crippen molar-refractivity contribution in [3.63, 3.8) is 0 Å². The lowest BCUT2D eigenvalue weighted by Crippen LogP contribution is -2.66. The van der Waals surface area contributed by atoms with Crippen LogP contribution >= 0.6 is 0 Å². The number of hydrogen-bond acceptors (Lipinski definition) is 3. The second-order valence-corrected chi connectivity index (χ2v) is 9.59. The van der Waals surface area contributed by atoms with Crippen molar-refractivity contribution in [2.24, 2.45) is 5.41 Å². The van der Waals surface area contributed by atoms with E-state index in [2.05, 4.69) is 20.8 Å². The van der Waals surface area contributed by atoms with Crippen LogP contribution in [0.3, 0.4) is 0 Å². The molecule has 0 N–H and O–H groups in total. The number of nitrogens with zero attached hydrogens (tertiary/aromatic N) is 2. The van der Waals surface area contributed by atoms with E-state index < -0.39 is 11.0 Å². The Morgan fingerprint density at radius 2 is 1.48 bits per heavy atom. The molecular weight excluding hydrogens is 371 g/mol. The third-order valence-electron chi connectivity index (χ3n) is 7.39. The molecular formula is C23H31FN2O3. The van der Waals surface area contributed by atoms with Gasteiger partial charge in [-0.15, -0.1) is 0 Å². The highest BCUT2D eigenvalue weighted by Gasteiger charge is 2.62. The van der Waals surface area contributed by atoms with Crippen LogP contribution in [-0.4, -0.2) is 59.0 Å². The summed E-state index contributed by atoms with van der Waals surface area (Å²) in [6.45, 7) is 8.56. The van der Waals surface area contributed by atoms with Crippen molar-refractivity contribution in [1.29, 1.82) is 0 Å². The molecule has 4 aliphatic rings. The molecule has 5 nitrogen and oxygen atoms in total. The summed E-state index contributed by atoms with van der Waals surface area (Å²) in [6, 6.07) is 5.65. The number of carbonyl (C=O) groups is 2. The minimum atomic E-state index is -0.481. The zero-order chi connectivity index (χ0) is 20.9. The van der Waals surface area contributed by atoms with Crippen molar-refractivity contribution in [3.8, 4) is 0 Å². The molecule has 0 aromatic heterocycles. The van der Waals surface area contributed by atoms with Crippen LogP contribution in [0.2, 0.25) is 0 Å². The summed E-state index contributed by atoms with van der Waals surface area (Å²) >= 11 is 0. The van der Waals surface area contributed by atoms with Crippen molar-refractivity contribution in [2.75, 3.05) is 26.2 Å². The van der Waals surface area contributed by atoms with Gasteiger partial charge in [0, 0.05) is 31.7 Å². The molecule has 6 heteroatoms. The fourth-order valence-corrected chi connectivity index (χ4v) is 5.50. The minimum absolute atomic E-state index is 0.104. The van der Waals surface area contributed by atoms with Gasteiger partial charge in [0.05, 0.1) is 16.6 Å². The highest BCUT2D eigenvalue weighted by molar-refractivity contribution is 5.94. The molecule has 1 aromatic rings. The number of fused-ring (bicyclic) bond motifs is 3. The van der Waals surface area contributed by atoms with Crippen molar-refractivity contribution >= 4 is 11.8 Å². The summed E-state index contributed by atoms with van der Waals surface area (Å²) in [5.74, 6) is -0.276. The fourth-order valence-electron chi connectivity index (χ4n) is 5.50. The van der Waals surface area contributed by atoms with Gasteiger partial charge < -0.3 is 14.5 Å². The number of hydrogen-bond donors (Lipinski definition) is 0. The summed E-state index contributed by atoms with van der Waals surface area (Å²) < 4.78 is 19.5. The van der Waals surface area contributed by atoms with Crippen LogP contribution in [-0.2, 0) is 9.53 Å². The van der Waals surface area contributed by atoms with Crippen molar-refractivity contribution in [3.05, 3.63) is 35.6 Å². The SMILES string of the molecule is CC12CCC(C(=O)N3CCCN(C(=O)c4ccc(F)cc4)CC3)(CC1)C(C)(C)O2. The fraction of sp³-hybridized carbons (Fsp3) is 0.652. The molecule has 3 saturated heterocycles. The van der Waals surface area contributed by atoms with Gasteiger partial charge in [0.1, 0.15) is 5.82 Å². The normalized spacial score (nSPS) is 31.4. The van der Waals surface area contributed by atoms with E-state index >= 15 is 0 Å². The predicted octanol–water partition coefficient (Wildman–Crippen LogP) is 3.63. The lowest BCUT2D eigenvalue weighted by Gasteiger charge is -2.60. The van der Waals surface area contributed by atoms with E-state index in [0.717, 1.165) is 32.1 Å². The first-order valence-corrected chi connectivity index (χ1v) is 10.7. The van der Waals surface area contributed by atoms with Gasteiger partial charge in [-0.2, -0.15) is 0 Å². The molecule has 1 aliphatic carbocycles. The Kier molecular flexibility index (Phi) is 4.96. The number of carbonyl (C=O) groups excluding carboxylic acids is 2. The molecule has 158 valence electrons. The highest BCUT2D eigenvalue weighted by atomic mass is 19.1. The molecule has 2 amide bonds. The van der Waals surface area contributed by atoms with E-state index in [9.17, 15) is 14.0 Å². The van der Waals surface area contributed by atoms with Gasteiger partial charge in [-0.25, -0.2) is 4.39 Å². The number of amides is 2. The van der Waals surface area contributed by atoms with Crippen molar-refractivity contribution in [2.45, 2.75) is 64.1 Å². The topological polar surface area (TPSA) is 49.9 Å². The average molecular weight is 403 g/mol. The zero-order valence-electron chi connectivity index (χ0n) is 17.7. The van der Waals surface area contributed by atoms with Gasteiger partial charge in [0.25, 0.3) is 5.91 Å². The Balaban J connectivity index is 1.46. The van der Waals surface area contributed by atoms with Gasteiger partial charge in [0.2, 0.25) is 5.91 Å². The van der Waals surface area contributed by atoms with E-state index in [1.807, 2.05) is 4.90 Å². The molecule has 1 aromatic carbocycles. The van der Waals surface area contributed by atoms with Crippen molar-refractivity contribution in [1.82, 2.24) is 9.80 Å². The summed E-state index contributed by atoms with van der Waals surface area (Å²) in [4.78, 5) is 30.2. The lowest BCUT2D eigenvalue weighted by molar-refractivity contribution is -0.267. The molecule has 3 aliphatic heterocycles. The molecule has 0 spiro atoms. The standard InChI is InChI=1S/C23H31FN2O3/c1-21(2)23(11-9-22(3,29-21)10-12-23)20(28)26-14-4-13-25(15-16-26)19(27)17-5-7-18(24)8-6-17/h5-8H,4,9-16H2,1-3H3. The van der Waals surface area contributed by atoms with Gasteiger partial charge in [-0.05, 0) is 77.1 Å². The Morgan fingerprint density at radius 3 is 2.10 bits per heavy atom. The molecule has 0 atom stereocenters. The Hall–Kier alpha value is -1.95. The van der Waals surface area contributed by atoms with Crippen LogP contribution in [0.15, 0.2) is 24.3 Å². The largest absolute Gasteiger partial charge is 0.368 e. The number of ether oxygens (including phenoxy) is 1. The molecule has 1 saturated carbocycles. The second-order valence-electron chi connectivity index (χ2n) is 9.59. The average Bonchev–Trinajstić information content (AvgIpc) is 2.93. The Bertz CT molecular complexity index is 797. The summed E-state index contributed by atoms with van der Waals surface area (Å²) in [7, 11) is 0. The molecule has 3 heterocycles. The van der Waals surface area contributed by atoms with E-state index in [1.54, 1.807) is 4.90 Å². The van der Waals surface area contributed by atoms with Crippen LogP contribution in [0.1, 0.15) is 63.2 Å². The van der Waals surface area contributed by atoms with Gasteiger partial charge in [-0.1, -0.05) is 0 Å². The quantitative estimate of drug-likeness (QED) is 0.759. The smallest absolute Gasteiger partial charge is 0.253 e. The van der Waals surface area contributed by atoms with E-state index in [-0.39, 0.29) is 23.2 Å². The van der Waals surface area contributed by atoms with Gasteiger partial charge >= 0.3 is 0 Å². The summed E-state index contributed by atoms with van der Waals surface area (Å²) in [6.07, 6.45) is 4.32. The van der Waals surface area contributed by atoms with Crippen LogP contribution in [0.4, 0.5) is 4.39 Å². The van der Waals surface area contributed by atoms with E-state index in [4.69, 9.17) is 4.74 Å². The summed E-state index contributed by atoms with van der Waals surface area (Å²) in [5, 5.41) is 0. The Labute approximate surface area is 172 Å². The molecule has 0 radical (unpaired) electrons. The van der Waals surface area contributed by atoms with Crippen LogP contribution in [0.5, 0.6) is 0 Å². The highest BCUT2D eigenvalue weighted by Crippen LogP contribution is 2.58. The van der Waals surface area contributed by atoms with Crippen LogP contribution in [0, 0.1) is 11.2 Å². The van der Waals surface area contributed by atoms with E-state index in [0.29, 0.717) is 31.7 Å². The number of benzene rings is 1. The Morgan fingerprint density at radius 1 is 0.897 bits per heavy atom. The second kappa shape index (κ2) is 7.08. The maximum absolute atomic E-state index is 13.7. The van der Waals surface area contributed by atoms with Crippen LogP contribution in [0.25, 0.3) is 0 Å². The van der Waals surface area contributed by atoms with Gasteiger partial charge in [0.15, 0.2) is 0 Å². The van der Waals surface area contributed by atoms with Crippen molar-refractivity contribution < 1.29 is 18.7 Å². The molecule has 5 rings (SSSR count). The molecule has 0 unspecified atom stereocenters. The third-order valence-corrected chi connectivity index (χ3v) is 7.39. The first-order chi connectivity index (χ1) is 13.7. The maximum atomic E-state index is 13.7. The predicted molar refractivity (Wildman–Crippen MR) is 108 cm³/mol.